The molecule has 4 heteroatoms. The zero-order chi connectivity index (χ0) is 13.8. The second-order valence-electron chi connectivity index (χ2n) is 4.94. The largest absolute Gasteiger partial charge is 0.329 e. The fourth-order valence-corrected chi connectivity index (χ4v) is 2.71. The molecule has 1 unspecified atom stereocenters. The van der Waals surface area contributed by atoms with E-state index in [4.69, 9.17) is 17.3 Å². The molecule has 2 N–H and O–H groups in total. The molecule has 0 amide bonds. The van der Waals surface area contributed by atoms with Crippen LogP contribution in [0.15, 0.2) is 30.9 Å². The second-order valence-corrected chi connectivity index (χ2v) is 5.35. The molecule has 1 fully saturated rings. The van der Waals surface area contributed by atoms with Gasteiger partial charge < -0.3 is 5.73 Å². The number of nitrogens with two attached hydrogens (primary N) is 1. The van der Waals surface area contributed by atoms with E-state index in [-0.39, 0.29) is 16.9 Å². The first-order chi connectivity index (χ1) is 9.19. The van der Waals surface area contributed by atoms with E-state index in [1.165, 1.54) is 0 Å². The Labute approximate surface area is 119 Å². The van der Waals surface area contributed by atoms with Gasteiger partial charge in [0.1, 0.15) is 5.82 Å². The van der Waals surface area contributed by atoms with Crippen LogP contribution >= 0.6 is 11.6 Å². The van der Waals surface area contributed by atoms with Crippen molar-refractivity contribution in [2.24, 2.45) is 5.73 Å². The molecule has 0 heterocycles. The Morgan fingerprint density at radius 3 is 2.84 bits per heavy atom. The van der Waals surface area contributed by atoms with Gasteiger partial charge in [-0.05, 0) is 25.3 Å². The minimum Gasteiger partial charge on any atom is -0.329 e. The van der Waals surface area contributed by atoms with Crippen LogP contribution in [0.25, 0.3) is 0 Å². The van der Waals surface area contributed by atoms with Gasteiger partial charge in [0.05, 0.1) is 5.02 Å². The third-order valence-corrected chi connectivity index (χ3v) is 3.83. The number of halogens is 2. The van der Waals surface area contributed by atoms with Gasteiger partial charge in [-0.2, -0.15) is 0 Å². The maximum absolute atomic E-state index is 14.2. The van der Waals surface area contributed by atoms with E-state index < -0.39 is 0 Å². The average molecular weight is 283 g/mol. The first-order valence-corrected chi connectivity index (χ1v) is 7.07. The molecule has 1 saturated carbocycles. The quantitative estimate of drug-likeness (QED) is 0.776. The third kappa shape index (κ3) is 3.35. The molecule has 0 bridgehead atoms. The lowest BCUT2D eigenvalue weighted by Gasteiger charge is -2.31. The molecule has 2 rings (SSSR count). The van der Waals surface area contributed by atoms with E-state index in [1.54, 1.807) is 18.2 Å². The molecule has 0 spiro atoms. The number of rotatable bonds is 7. The Kier molecular flexibility index (Phi) is 4.97. The van der Waals surface area contributed by atoms with Crippen LogP contribution in [0.3, 0.4) is 0 Å². The smallest absolute Gasteiger partial charge is 0.146 e. The molecule has 1 aliphatic rings. The Morgan fingerprint density at radius 1 is 1.53 bits per heavy atom. The molecular weight excluding hydrogens is 263 g/mol. The van der Waals surface area contributed by atoms with Crippen LogP contribution in [0.2, 0.25) is 5.02 Å². The monoisotopic (exact) mass is 282 g/mol. The lowest BCUT2D eigenvalue weighted by molar-refractivity contribution is 0.189. The van der Waals surface area contributed by atoms with Crippen LogP contribution in [-0.2, 0) is 0 Å². The summed E-state index contributed by atoms with van der Waals surface area (Å²) in [5.74, 6) is -0.321. The minimum absolute atomic E-state index is 0.0211. The van der Waals surface area contributed by atoms with Crippen LogP contribution in [0, 0.1) is 5.82 Å². The van der Waals surface area contributed by atoms with Gasteiger partial charge in [-0.25, -0.2) is 4.39 Å². The van der Waals surface area contributed by atoms with Crippen molar-refractivity contribution < 1.29 is 4.39 Å². The topological polar surface area (TPSA) is 29.3 Å². The van der Waals surface area contributed by atoms with Crippen molar-refractivity contribution in [1.29, 1.82) is 0 Å². The van der Waals surface area contributed by atoms with Gasteiger partial charge >= 0.3 is 0 Å². The van der Waals surface area contributed by atoms with E-state index in [1.807, 2.05) is 6.08 Å². The van der Waals surface area contributed by atoms with Gasteiger partial charge in [-0.1, -0.05) is 29.8 Å². The first-order valence-electron chi connectivity index (χ1n) is 6.69. The number of nitrogens with zero attached hydrogens (tertiary/aromatic N) is 1. The predicted molar refractivity (Wildman–Crippen MR) is 77.7 cm³/mol. The molecule has 1 aromatic carbocycles. The van der Waals surface area contributed by atoms with E-state index in [2.05, 4.69) is 11.5 Å². The van der Waals surface area contributed by atoms with Gasteiger partial charge in [-0.3, -0.25) is 4.90 Å². The molecule has 104 valence electrons. The minimum atomic E-state index is -0.321. The van der Waals surface area contributed by atoms with Crippen LogP contribution in [-0.4, -0.2) is 24.0 Å². The molecule has 19 heavy (non-hydrogen) atoms. The summed E-state index contributed by atoms with van der Waals surface area (Å²) in [4.78, 5) is 2.29. The van der Waals surface area contributed by atoms with E-state index in [0.717, 1.165) is 19.4 Å². The van der Waals surface area contributed by atoms with E-state index in [0.29, 0.717) is 24.6 Å². The molecule has 1 aliphatic carbocycles. The summed E-state index contributed by atoms with van der Waals surface area (Å²) in [6.07, 6.45) is 4.86. The lowest BCUT2D eigenvalue weighted by Crippen LogP contribution is -2.35. The fraction of sp³-hybridized carbons (Fsp3) is 0.467. The molecular formula is C15H20ClFN2. The van der Waals surface area contributed by atoms with Crippen molar-refractivity contribution in [2.45, 2.75) is 31.3 Å². The zero-order valence-electron chi connectivity index (χ0n) is 11.0. The Balaban J connectivity index is 2.31. The van der Waals surface area contributed by atoms with Crippen molar-refractivity contribution in [3.05, 3.63) is 47.3 Å². The van der Waals surface area contributed by atoms with E-state index >= 15 is 0 Å². The second kappa shape index (κ2) is 6.51. The summed E-state index contributed by atoms with van der Waals surface area (Å²) in [5, 5.41) is 0.176. The van der Waals surface area contributed by atoms with E-state index in [9.17, 15) is 4.39 Å². The molecule has 1 atom stereocenters. The molecule has 1 aromatic rings. The van der Waals surface area contributed by atoms with Crippen LogP contribution in [0.5, 0.6) is 0 Å². The molecule has 0 radical (unpaired) electrons. The SMILES string of the molecule is C=CCC(c1cccc(Cl)c1F)N(CCN)C1CC1. The van der Waals surface area contributed by atoms with Gasteiger partial charge in [0, 0.05) is 30.7 Å². The maximum Gasteiger partial charge on any atom is 0.146 e. The normalized spacial score (nSPS) is 16.6. The highest BCUT2D eigenvalue weighted by Gasteiger charge is 2.34. The first kappa shape index (κ1) is 14.5. The van der Waals surface area contributed by atoms with Crippen molar-refractivity contribution in [2.75, 3.05) is 13.1 Å². The highest BCUT2D eigenvalue weighted by atomic mass is 35.5. The number of hydrogen-bond acceptors (Lipinski definition) is 2. The maximum atomic E-state index is 14.2. The number of hydrogen-bond donors (Lipinski definition) is 1. The van der Waals surface area contributed by atoms with Crippen molar-refractivity contribution in [3.8, 4) is 0 Å². The fourth-order valence-electron chi connectivity index (χ4n) is 2.52. The van der Waals surface area contributed by atoms with Gasteiger partial charge in [0.15, 0.2) is 0 Å². The molecule has 0 aliphatic heterocycles. The van der Waals surface area contributed by atoms with Gasteiger partial charge in [-0.15, -0.1) is 6.58 Å². The van der Waals surface area contributed by atoms with Crippen LogP contribution < -0.4 is 5.73 Å². The summed E-state index contributed by atoms with van der Waals surface area (Å²) in [5.41, 5.74) is 6.33. The van der Waals surface area contributed by atoms with Crippen LogP contribution in [0.4, 0.5) is 4.39 Å². The lowest BCUT2D eigenvalue weighted by atomic mass is 10.0. The van der Waals surface area contributed by atoms with Gasteiger partial charge in [0.2, 0.25) is 0 Å². The zero-order valence-corrected chi connectivity index (χ0v) is 11.7. The highest BCUT2D eigenvalue weighted by molar-refractivity contribution is 6.30. The Hall–Kier alpha value is -0.900. The molecule has 0 aromatic heterocycles. The molecule has 0 saturated heterocycles. The summed E-state index contributed by atoms with van der Waals surface area (Å²) in [6, 6.07) is 5.68. The Bertz CT molecular complexity index is 446. The van der Waals surface area contributed by atoms with Gasteiger partial charge in [0.25, 0.3) is 0 Å². The molecule has 2 nitrogen and oxygen atoms in total. The van der Waals surface area contributed by atoms with Crippen molar-refractivity contribution in [3.63, 3.8) is 0 Å². The average Bonchev–Trinajstić information content (AvgIpc) is 3.22. The summed E-state index contributed by atoms with van der Waals surface area (Å²) >= 11 is 5.89. The van der Waals surface area contributed by atoms with Crippen molar-refractivity contribution in [1.82, 2.24) is 4.90 Å². The van der Waals surface area contributed by atoms with Crippen LogP contribution in [0.1, 0.15) is 30.9 Å². The number of benzene rings is 1. The third-order valence-electron chi connectivity index (χ3n) is 3.53. The summed E-state index contributed by atoms with van der Waals surface area (Å²) in [6.45, 7) is 5.14. The Morgan fingerprint density at radius 2 is 2.26 bits per heavy atom. The predicted octanol–water partition coefficient (Wildman–Crippen LogP) is 3.52. The van der Waals surface area contributed by atoms with Crippen molar-refractivity contribution >= 4 is 11.6 Å². The summed E-state index contributed by atoms with van der Waals surface area (Å²) < 4.78 is 14.2. The summed E-state index contributed by atoms with van der Waals surface area (Å²) in [7, 11) is 0. The highest BCUT2D eigenvalue weighted by Crippen LogP contribution is 2.37. The standard InChI is InChI=1S/C15H20ClFN2/c1-2-4-14(19(10-9-18)11-7-8-11)12-5-3-6-13(16)15(12)17/h2-3,5-6,11,14H,1,4,7-10,18H2.